The average molecular weight is 470 g/mol. The highest BCUT2D eigenvalue weighted by Crippen LogP contribution is 2.26. The summed E-state index contributed by atoms with van der Waals surface area (Å²) in [5, 5.41) is 1.03. The zero-order chi connectivity index (χ0) is 11.3. The molecule has 15 heavy (non-hydrogen) atoms. The van der Waals surface area contributed by atoms with E-state index in [9.17, 15) is 0 Å². The Morgan fingerprint density at radius 3 is 2.47 bits per heavy atom. The molecule has 0 N–H and O–H groups in total. The molecule has 0 aliphatic carbocycles. The third-order valence-corrected chi connectivity index (χ3v) is 4.77. The number of unbranched alkanes of at least 4 members (excludes halogenated alkanes) is 1. The minimum Gasteiger partial charge on any atom is -0.361 e. The lowest BCUT2D eigenvalue weighted by atomic mass is 10.4. The average Bonchev–Trinajstić information content (AvgIpc) is 2.44. The van der Waals surface area contributed by atoms with Crippen LogP contribution in [-0.4, -0.2) is 21.5 Å². The van der Waals surface area contributed by atoms with Crippen molar-refractivity contribution in [3.05, 3.63) is 13.9 Å². The summed E-state index contributed by atoms with van der Waals surface area (Å²) in [5.74, 6) is 0. The second kappa shape index (κ2) is 7.42. The van der Waals surface area contributed by atoms with E-state index < -0.39 is 0 Å². The molecule has 1 aromatic rings. The topological polar surface area (TPSA) is 27.1 Å². The lowest BCUT2D eigenvalue weighted by Crippen LogP contribution is -2.04. The highest BCUT2D eigenvalue weighted by Gasteiger charge is 2.10. The van der Waals surface area contributed by atoms with Crippen molar-refractivity contribution in [2.45, 2.75) is 19.6 Å². The van der Waals surface area contributed by atoms with Crippen LogP contribution < -0.4 is 0 Å². The molecule has 0 aliphatic heterocycles. The molecular formula is C8H10Br4N2O. The molecule has 0 aromatic carbocycles. The zero-order valence-electron chi connectivity index (χ0n) is 7.85. The number of halogens is 4. The molecule has 0 unspecified atom stereocenters. The Morgan fingerprint density at radius 2 is 1.93 bits per heavy atom. The maximum atomic E-state index is 5.52. The van der Waals surface area contributed by atoms with E-state index in [1.807, 2.05) is 4.57 Å². The van der Waals surface area contributed by atoms with Gasteiger partial charge in [-0.2, -0.15) is 0 Å². The van der Waals surface area contributed by atoms with Gasteiger partial charge in [0.05, 0.1) is 0 Å². The summed E-state index contributed by atoms with van der Waals surface area (Å²) < 4.78 is 9.83. The molecule has 86 valence electrons. The fourth-order valence-electron chi connectivity index (χ4n) is 0.944. The van der Waals surface area contributed by atoms with Crippen LogP contribution in [-0.2, 0) is 11.5 Å². The monoisotopic (exact) mass is 466 g/mol. The minimum absolute atomic E-state index is 0.502. The summed E-state index contributed by atoms with van der Waals surface area (Å²) >= 11 is 13.5. The first-order valence-corrected chi connectivity index (χ1v) is 7.87. The second-order valence-corrected chi connectivity index (χ2v) is 5.83. The largest absolute Gasteiger partial charge is 0.361 e. The van der Waals surface area contributed by atoms with Crippen LogP contribution in [0.4, 0.5) is 0 Å². The van der Waals surface area contributed by atoms with Gasteiger partial charge < -0.3 is 4.74 Å². The fraction of sp³-hybridized carbons (Fsp3) is 0.625. The van der Waals surface area contributed by atoms with Crippen LogP contribution in [0.25, 0.3) is 0 Å². The Morgan fingerprint density at radius 1 is 1.20 bits per heavy atom. The van der Waals surface area contributed by atoms with Crippen LogP contribution >= 0.6 is 63.7 Å². The van der Waals surface area contributed by atoms with E-state index >= 15 is 0 Å². The Bertz CT molecular complexity index is 316. The van der Waals surface area contributed by atoms with E-state index in [1.165, 1.54) is 0 Å². The van der Waals surface area contributed by atoms with Gasteiger partial charge in [0.25, 0.3) is 0 Å². The van der Waals surface area contributed by atoms with E-state index in [2.05, 4.69) is 68.7 Å². The van der Waals surface area contributed by atoms with E-state index in [4.69, 9.17) is 4.74 Å². The number of alkyl halides is 1. The summed E-state index contributed by atoms with van der Waals surface area (Å²) in [7, 11) is 0. The van der Waals surface area contributed by atoms with E-state index in [0.29, 0.717) is 6.73 Å². The maximum absolute atomic E-state index is 5.52. The molecule has 0 bridgehead atoms. The zero-order valence-corrected chi connectivity index (χ0v) is 14.2. The van der Waals surface area contributed by atoms with Gasteiger partial charge in [-0.25, -0.2) is 4.98 Å². The van der Waals surface area contributed by atoms with Crippen LogP contribution in [0.1, 0.15) is 12.8 Å². The summed E-state index contributed by atoms with van der Waals surface area (Å²) in [5.41, 5.74) is 0. The van der Waals surface area contributed by atoms with Gasteiger partial charge in [0, 0.05) is 11.9 Å². The van der Waals surface area contributed by atoms with E-state index in [0.717, 1.165) is 38.7 Å². The predicted molar refractivity (Wildman–Crippen MR) is 74.3 cm³/mol. The standard InChI is InChI=1S/C8H10Br4N2O/c9-3-1-2-4-15-5-14-7(11)6(10)13-8(14)12/h1-5H2. The van der Waals surface area contributed by atoms with Gasteiger partial charge in [0.1, 0.15) is 15.9 Å². The summed E-state index contributed by atoms with van der Waals surface area (Å²) in [4.78, 5) is 4.19. The van der Waals surface area contributed by atoms with E-state index in [1.54, 1.807) is 0 Å². The molecule has 0 atom stereocenters. The summed E-state index contributed by atoms with van der Waals surface area (Å²) in [6.07, 6.45) is 2.20. The Hall–Kier alpha value is 1.09. The van der Waals surface area contributed by atoms with Gasteiger partial charge in [-0.1, -0.05) is 15.9 Å². The Kier molecular flexibility index (Phi) is 7.00. The number of aromatic nitrogens is 2. The molecular weight excluding hydrogens is 460 g/mol. The van der Waals surface area contributed by atoms with Crippen molar-refractivity contribution in [3.8, 4) is 0 Å². The Balaban J connectivity index is 2.37. The lowest BCUT2D eigenvalue weighted by molar-refractivity contribution is 0.0721. The molecule has 0 saturated carbocycles. The summed E-state index contributed by atoms with van der Waals surface area (Å²) in [6.45, 7) is 1.27. The summed E-state index contributed by atoms with van der Waals surface area (Å²) in [6, 6.07) is 0. The SMILES string of the molecule is BrCCCCOCn1c(Br)nc(Br)c1Br. The number of nitrogens with zero attached hydrogens (tertiary/aromatic N) is 2. The van der Waals surface area contributed by atoms with Gasteiger partial charge in [0.15, 0.2) is 4.73 Å². The highest BCUT2D eigenvalue weighted by atomic mass is 79.9. The normalized spacial score (nSPS) is 10.9. The highest BCUT2D eigenvalue weighted by molar-refractivity contribution is 9.13. The molecule has 1 aromatic heterocycles. The van der Waals surface area contributed by atoms with Gasteiger partial charge >= 0.3 is 0 Å². The molecule has 0 fully saturated rings. The molecule has 0 spiro atoms. The third kappa shape index (κ3) is 4.46. The van der Waals surface area contributed by atoms with Crippen molar-refractivity contribution in [1.82, 2.24) is 9.55 Å². The van der Waals surface area contributed by atoms with Crippen molar-refractivity contribution in [1.29, 1.82) is 0 Å². The van der Waals surface area contributed by atoms with E-state index in [-0.39, 0.29) is 0 Å². The molecule has 0 aliphatic rings. The third-order valence-electron chi connectivity index (χ3n) is 1.71. The van der Waals surface area contributed by atoms with Gasteiger partial charge in [-0.05, 0) is 60.6 Å². The van der Waals surface area contributed by atoms with Crippen LogP contribution in [0, 0.1) is 0 Å². The minimum atomic E-state index is 0.502. The Labute approximate surface area is 122 Å². The molecule has 1 rings (SSSR count). The number of hydrogen-bond donors (Lipinski definition) is 0. The molecule has 0 saturated heterocycles. The molecule has 7 heteroatoms. The number of imidazole rings is 1. The number of rotatable bonds is 6. The van der Waals surface area contributed by atoms with Crippen molar-refractivity contribution in [2.24, 2.45) is 0 Å². The van der Waals surface area contributed by atoms with Crippen LogP contribution in [0.15, 0.2) is 13.9 Å². The first kappa shape index (κ1) is 14.2. The molecule has 0 amide bonds. The molecule has 1 heterocycles. The number of hydrogen-bond acceptors (Lipinski definition) is 2. The van der Waals surface area contributed by atoms with Crippen molar-refractivity contribution in [2.75, 3.05) is 11.9 Å². The first-order chi connectivity index (χ1) is 7.16. The maximum Gasteiger partial charge on any atom is 0.181 e. The lowest BCUT2D eigenvalue weighted by Gasteiger charge is -2.06. The molecule has 0 radical (unpaired) electrons. The van der Waals surface area contributed by atoms with Crippen LogP contribution in [0.5, 0.6) is 0 Å². The number of ether oxygens (including phenoxy) is 1. The van der Waals surface area contributed by atoms with Crippen molar-refractivity contribution < 1.29 is 4.74 Å². The molecule has 3 nitrogen and oxygen atoms in total. The quantitative estimate of drug-likeness (QED) is 0.458. The van der Waals surface area contributed by atoms with Gasteiger partial charge in [-0.15, -0.1) is 0 Å². The fourth-order valence-corrected chi connectivity index (χ4v) is 3.01. The smallest absolute Gasteiger partial charge is 0.181 e. The second-order valence-electron chi connectivity index (χ2n) is 2.82. The van der Waals surface area contributed by atoms with Gasteiger partial charge in [-0.3, -0.25) is 4.57 Å². The van der Waals surface area contributed by atoms with Crippen LogP contribution in [0.3, 0.4) is 0 Å². The first-order valence-electron chi connectivity index (χ1n) is 4.37. The predicted octanol–water partition coefficient (Wildman–Crippen LogP) is 4.32. The van der Waals surface area contributed by atoms with Crippen LogP contribution in [0.2, 0.25) is 0 Å². The van der Waals surface area contributed by atoms with Gasteiger partial charge in [0.2, 0.25) is 0 Å². The van der Waals surface area contributed by atoms with Crippen molar-refractivity contribution >= 4 is 63.7 Å². The van der Waals surface area contributed by atoms with Crippen molar-refractivity contribution in [3.63, 3.8) is 0 Å².